The minimum absolute atomic E-state index is 0.0351. The van der Waals surface area contributed by atoms with Crippen LogP contribution in [0, 0.1) is 0 Å². The van der Waals surface area contributed by atoms with Gasteiger partial charge in [0.1, 0.15) is 0 Å². The number of nitrogens with one attached hydrogen (secondary N) is 2. The predicted octanol–water partition coefficient (Wildman–Crippen LogP) is 1.88. The van der Waals surface area contributed by atoms with Crippen LogP contribution in [0.3, 0.4) is 0 Å². The molecular weight excluding hydrogens is 404 g/mol. The Bertz CT molecular complexity index is 867. The highest BCUT2D eigenvalue weighted by atomic mass is 32.2. The third-order valence-corrected chi connectivity index (χ3v) is 5.88. The maximum atomic E-state index is 12.3. The van der Waals surface area contributed by atoms with Crippen molar-refractivity contribution in [3.63, 3.8) is 0 Å². The minimum atomic E-state index is -1.19. The third kappa shape index (κ3) is 5.50. The second-order valence-electron chi connectivity index (χ2n) is 5.91. The van der Waals surface area contributed by atoms with Crippen LogP contribution in [0.15, 0.2) is 28.6 Å². The van der Waals surface area contributed by atoms with Crippen molar-refractivity contribution in [3.8, 4) is 0 Å². The van der Waals surface area contributed by atoms with Gasteiger partial charge in [0.2, 0.25) is 11.0 Å². The number of nitrogens with zero attached hydrogens (tertiary/aromatic N) is 2. The van der Waals surface area contributed by atoms with Crippen LogP contribution < -0.4 is 10.6 Å². The lowest BCUT2D eigenvalue weighted by molar-refractivity contribution is -0.119. The monoisotopic (exact) mass is 422 g/mol. The summed E-state index contributed by atoms with van der Waals surface area (Å²) in [6, 6.07) is 5.91. The molecule has 1 aromatic heterocycles. The van der Waals surface area contributed by atoms with E-state index in [2.05, 4.69) is 20.8 Å². The Morgan fingerprint density at radius 2 is 2.04 bits per heavy atom. The fourth-order valence-electron chi connectivity index (χ4n) is 2.56. The number of carbonyl (C=O) groups is 3. The van der Waals surface area contributed by atoms with Gasteiger partial charge in [-0.05, 0) is 25.0 Å². The molecule has 0 radical (unpaired) electrons. The molecule has 1 aromatic carbocycles. The largest absolute Gasteiger partial charge is 0.478 e. The van der Waals surface area contributed by atoms with E-state index in [0.717, 1.165) is 30.8 Å². The maximum Gasteiger partial charge on any atom is 0.336 e. The molecule has 0 bridgehead atoms. The van der Waals surface area contributed by atoms with Crippen LogP contribution >= 0.6 is 23.1 Å². The van der Waals surface area contributed by atoms with E-state index in [1.54, 1.807) is 12.1 Å². The van der Waals surface area contributed by atoms with E-state index in [1.807, 2.05) is 0 Å². The first-order valence-corrected chi connectivity index (χ1v) is 10.3. The third-order valence-electron chi connectivity index (χ3n) is 3.91. The van der Waals surface area contributed by atoms with Gasteiger partial charge in [-0.3, -0.25) is 14.9 Å². The number of amides is 2. The van der Waals surface area contributed by atoms with Gasteiger partial charge in [0.25, 0.3) is 5.91 Å². The van der Waals surface area contributed by atoms with Crippen molar-refractivity contribution in [3.05, 3.63) is 35.4 Å². The van der Waals surface area contributed by atoms with Crippen LogP contribution in [-0.2, 0) is 9.53 Å². The van der Waals surface area contributed by atoms with E-state index in [0.29, 0.717) is 10.9 Å². The van der Waals surface area contributed by atoms with Gasteiger partial charge in [0.15, 0.2) is 4.34 Å². The molecule has 1 atom stereocenters. The van der Waals surface area contributed by atoms with Crippen LogP contribution in [0.25, 0.3) is 0 Å². The second-order valence-corrected chi connectivity index (χ2v) is 8.11. The molecule has 1 fully saturated rings. The van der Waals surface area contributed by atoms with Gasteiger partial charge in [-0.1, -0.05) is 35.2 Å². The zero-order valence-corrected chi connectivity index (χ0v) is 16.3. The summed E-state index contributed by atoms with van der Waals surface area (Å²) in [7, 11) is 0. The van der Waals surface area contributed by atoms with E-state index in [-0.39, 0.29) is 34.0 Å². The first-order chi connectivity index (χ1) is 13.5. The molecule has 28 heavy (non-hydrogen) atoms. The summed E-state index contributed by atoms with van der Waals surface area (Å²) < 4.78 is 5.97. The molecule has 1 aliphatic heterocycles. The summed E-state index contributed by atoms with van der Waals surface area (Å²) in [4.78, 5) is 35.4. The first kappa shape index (κ1) is 20.2. The second kappa shape index (κ2) is 9.62. The Kier molecular flexibility index (Phi) is 6.95. The van der Waals surface area contributed by atoms with Crippen molar-refractivity contribution in [1.29, 1.82) is 0 Å². The summed E-state index contributed by atoms with van der Waals surface area (Å²) in [6.07, 6.45) is 2.06. The summed E-state index contributed by atoms with van der Waals surface area (Å²) in [6.45, 7) is 1.24. The first-order valence-electron chi connectivity index (χ1n) is 8.51. The van der Waals surface area contributed by atoms with Crippen molar-refractivity contribution in [2.24, 2.45) is 0 Å². The van der Waals surface area contributed by atoms with E-state index in [4.69, 9.17) is 9.84 Å². The number of carbonyl (C=O) groups excluding carboxylic acids is 2. The molecule has 9 nitrogen and oxygen atoms in total. The van der Waals surface area contributed by atoms with Crippen molar-refractivity contribution in [2.75, 3.05) is 24.2 Å². The molecule has 1 unspecified atom stereocenters. The fraction of sp³-hybridized carbons (Fsp3) is 0.353. The topological polar surface area (TPSA) is 131 Å². The van der Waals surface area contributed by atoms with Crippen LogP contribution in [0.4, 0.5) is 5.13 Å². The summed E-state index contributed by atoms with van der Waals surface area (Å²) in [5.41, 5.74) is -0.0602. The Morgan fingerprint density at radius 1 is 1.25 bits per heavy atom. The highest BCUT2D eigenvalue weighted by Crippen LogP contribution is 2.26. The molecule has 0 spiro atoms. The number of rotatable bonds is 8. The molecular formula is C17H18N4O5S2. The number of aromatic nitrogens is 2. The number of ether oxygens (including phenoxy) is 1. The lowest BCUT2D eigenvalue weighted by Crippen LogP contribution is -2.32. The molecule has 3 rings (SSSR count). The van der Waals surface area contributed by atoms with Crippen LogP contribution in [0.1, 0.15) is 33.6 Å². The van der Waals surface area contributed by atoms with E-state index < -0.39 is 11.9 Å². The average molecular weight is 422 g/mol. The van der Waals surface area contributed by atoms with Gasteiger partial charge < -0.3 is 15.2 Å². The summed E-state index contributed by atoms with van der Waals surface area (Å²) in [5.74, 6) is -1.72. The van der Waals surface area contributed by atoms with Crippen molar-refractivity contribution < 1.29 is 24.2 Å². The number of carboxylic acid groups (broad SMARTS) is 1. The summed E-state index contributed by atoms with van der Waals surface area (Å²) in [5, 5.41) is 22.5. The van der Waals surface area contributed by atoms with Crippen LogP contribution in [0.2, 0.25) is 0 Å². The number of thioether (sulfide) groups is 1. The predicted molar refractivity (Wildman–Crippen MR) is 104 cm³/mol. The molecule has 1 saturated heterocycles. The number of hydrogen-bond acceptors (Lipinski definition) is 8. The van der Waals surface area contributed by atoms with E-state index in [9.17, 15) is 14.4 Å². The quantitative estimate of drug-likeness (QED) is 0.434. The normalized spacial score (nSPS) is 15.9. The Morgan fingerprint density at radius 3 is 2.75 bits per heavy atom. The molecule has 1 aliphatic rings. The van der Waals surface area contributed by atoms with Crippen molar-refractivity contribution in [1.82, 2.24) is 15.5 Å². The van der Waals surface area contributed by atoms with Crippen LogP contribution in [-0.4, -0.2) is 58.1 Å². The van der Waals surface area contributed by atoms with Crippen LogP contribution in [0.5, 0.6) is 0 Å². The molecule has 2 aromatic rings. The zero-order chi connectivity index (χ0) is 19.9. The molecule has 0 aliphatic carbocycles. The highest BCUT2D eigenvalue weighted by Gasteiger charge is 2.18. The summed E-state index contributed by atoms with van der Waals surface area (Å²) >= 11 is 2.32. The molecule has 3 N–H and O–H groups in total. The standard InChI is InChI=1S/C17H18N4O5S2/c22-13(18-8-10-4-3-7-26-10)9-27-17-21-20-16(28-17)19-14(23)11-5-1-2-6-12(11)15(24)25/h1-2,5-6,10H,3-4,7-9H2,(H,18,22)(H,24,25)(H,19,20,23). The number of carboxylic acids is 1. The van der Waals surface area contributed by atoms with E-state index in [1.165, 1.54) is 23.9 Å². The number of benzene rings is 1. The van der Waals surface area contributed by atoms with Crippen molar-refractivity contribution >= 4 is 46.0 Å². The van der Waals surface area contributed by atoms with Gasteiger partial charge >= 0.3 is 5.97 Å². The Hall–Kier alpha value is -2.50. The Balaban J connectivity index is 1.49. The molecule has 0 saturated carbocycles. The molecule has 2 heterocycles. The number of anilines is 1. The zero-order valence-electron chi connectivity index (χ0n) is 14.7. The maximum absolute atomic E-state index is 12.3. The number of aromatic carboxylic acids is 1. The van der Waals surface area contributed by atoms with Crippen molar-refractivity contribution in [2.45, 2.75) is 23.3 Å². The smallest absolute Gasteiger partial charge is 0.336 e. The average Bonchev–Trinajstić information content (AvgIpc) is 3.36. The van der Waals surface area contributed by atoms with E-state index >= 15 is 0 Å². The van der Waals surface area contributed by atoms with Gasteiger partial charge in [-0.2, -0.15) is 0 Å². The fourth-order valence-corrected chi connectivity index (χ4v) is 4.14. The SMILES string of the molecule is O=C(CSc1nnc(NC(=O)c2ccccc2C(=O)O)s1)NCC1CCCO1. The van der Waals surface area contributed by atoms with Gasteiger partial charge in [0, 0.05) is 13.2 Å². The molecule has 11 heteroatoms. The highest BCUT2D eigenvalue weighted by molar-refractivity contribution is 8.01. The molecule has 148 valence electrons. The minimum Gasteiger partial charge on any atom is -0.478 e. The van der Waals surface area contributed by atoms with Gasteiger partial charge in [-0.15, -0.1) is 10.2 Å². The lowest BCUT2D eigenvalue weighted by atomic mass is 10.1. The van der Waals surface area contributed by atoms with Gasteiger partial charge in [0.05, 0.1) is 23.0 Å². The Labute approximate surface area is 168 Å². The number of hydrogen-bond donors (Lipinski definition) is 3. The van der Waals surface area contributed by atoms with Gasteiger partial charge in [-0.25, -0.2) is 4.79 Å². The molecule has 2 amide bonds. The lowest BCUT2D eigenvalue weighted by Gasteiger charge is -2.09.